The van der Waals surface area contributed by atoms with Crippen molar-refractivity contribution in [1.29, 1.82) is 0 Å². The van der Waals surface area contributed by atoms with E-state index in [1.54, 1.807) is 18.2 Å². The van der Waals surface area contributed by atoms with Crippen LogP contribution < -0.4 is 14.8 Å². The molecule has 4 aromatic carbocycles. The zero-order valence-corrected chi connectivity index (χ0v) is 20.7. The van der Waals surface area contributed by atoms with Gasteiger partial charge in [0.05, 0.1) is 0 Å². The van der Waals surface area contributed by atoms with E-state index >= 15 is 0 Å². The van der Waals surface area contributed by atoms with Gasteiger partial charge in [-0.2, -0.15) is 0 Å². The van der Waals surface area contributed by atoms with Gasteiger partial charge in [-0.3, -0.25) is 9.59 Å². The molecule has 6 nitrogen and oxygen atoms in total. The molecule has 7 heteroatoms. The van der Waals surface area contributed by atoms with Crippen LogP contribution in [0.25, 0.3) is 0 Å². The smallest absolute Gasteiger partial charge is 0.255 e. The van der Waals surface area contributed by atoms with Crippen LogP contribution in [0.5, 0.6) is 11.5 Å². The van der Waals surface area contributed by atoms with Crippen molar-refractivity contribution in [2.75, 3.05) is 13.2 Å². The Morgan fingerprint density at radius 2 is 1.42 bits per heavy atom. The maximum atomic E-state index is 14.1. The van der Waals surface area contributed by atoms with Crippen molar-refractivity contribution in [1.82, 2.24) is 10.2 Å². The van der Waals surface area contributed by atoms with E-state index in [1.165, 1.54) is 29.2 Å². The number of nitrogens with one attached hydrogen (secondary N) is 1. The van der Waals surface area contributed by atoms with Crippen LogP contribution in [0.15, 0.2) is 103 Å². The number of benzene rings is 4. The lowest BCUT2D eigenvalue weighted by Gasteiger charge is -2.32. The first-order valence-electron chi connectivity index (χ1n) is 12.4. The molecule has 1 atom stereocenters. The van der Waals surface area contributed by atoms with E-state index in [9.17, 15) is 14.0 Å². The third-order valence-corrected chi connectivity index (χ3v) is 6.30. The minimum Gasteiger partial charge on any atom is -0.486 e. The maximum Gasteiger partial charge on any atom is 0.255 e. The molecule has 2 amide bonds. The number of ether oxygens (including phenoxy) is 2. The fourth-order valence-electron chi connectivity index (χ4n) is 4.40. The lowest BCUT2D eigenvalue weighted by Crippen LogP contribution is -2.43. The third kappa shape index (κ3) is 5.83. The fraction of sp³-hybridized carbons (Fsp3) is 0.161. The molecule has 0 radical (unpaired) electrons. The second-order valence-corrected chi connectivity index (χ2v) is 8.93. The van der Waals surface area contributed by atoms with E-state index in [4.69, 9.17) is 9.47 Å². The van der Waals surface area contributed by atoms with Gasteiger partial charge in [-0.05, 0) is 47.0 Å². The summed E-state index contributed by atoms with van der Waals surface area (Å²) in [4.78, 5) is 29.3. The van der Waals surface area contributed by atoms with Crippen LogP contribution in [0, 0.1) is 5.82 Å². The van der Waals surface area contributed by atoms with E-state index in [-0.39, 0.29) is 24.9 Å². The Morgan fingerprint density at radius 1 is 0.789 bits per heavy atom. The minimum absolute atomic E-state index is 0.162. The summed E-state index contributed by atoms with van der Waals surface area (Å²) in [7, 11) is 0. The number of amides is 2. The summed E-state index contributed by atoms with van der Waals surface area (Å²) < 4.78 is 25.1. The van der Waals surface area contributed by atoms with Gasteiger partial charge in [0.2, 0.25) is 5.91 Å². The Labute approximate surface area is 220 Å². The van der Waals surface area contributed by atoms with Gasteiger partial charge >= 0.3 is 0 Å². The Balaban J connectivity index is 1.53. The summed E-state index contributed by atoms with van der Waals surface area (Å²) in [6.45, 7) is 1.27. The normalized spacial score (nSPS) is 12.9. The van der Waals surface area contributed by atoms with Gasteiger partial charge in [0.15, 0.2) is 11.5 Å². The Kier molecular flexibility index (Phi) is 7.64. The molecule has 1 heterocycles. The highest BCUT2D eigenvalue weighted by Crippen LogP contribution is 2.33. The third-order valence-electron chi connectivity index (χ3n) is 6.30. The molecule has 0 saturated heterocycles. The number of hydrogen-bond acceptors (Lipinski definition) is 4. The molecular formula is C31H27FN2O4. The lowest BCUT2D eigenvalue weighted by molar-refractivity contribution is -0.126. The van der Waals surface area contributed by atoms with Crippen LogP contribution in [-0.4, -0.2) is 29.9 Å². The molecule has 1 aliphatic rings. The molecule has 5 rings (SSSR count). The highest BCUT2D eigenvalue weighted by molar-refractivity contribution is 5.98. The van der Waals surface area contributed by atoms with Gasteiger partial charge in [-0.15, -0.1) is 0 Å². The molecule has 0 aliphatic carbocycles. The summed E-state index contributed by atoms with van der Waals surface area (Å²) in [5, 5.41) is 2.96. The fourth-order valence-corrected chi connectivity index (χ4v) is 4.40. The monoisotopic (exact) mass is 510 g/mol. The van der Waals surface area contributed by atoms with E-state index in [2.05, 4.69) is 5.32 Å². The van der Waals surface area contributed by atoms with Gasteiger partial charge in [-0.25, -0.2) is 4.39 Å². The first-order chi connectivity index (χ1) is 18.6. The average Bonchev–Trinajstić information content (AvgIpc) is 2.97. The van der Waals surface area contributed by atoms with E-state index < -0.39 is 11.9 Å². The van der Waals surface area contributed by atoms with Crippen molar-refractivity contribution in [2.24, 2.45) is 0 Å². The van der Waals surface area contributed by atoms with Crippen molar-refractivity contribution in [3.63, 3.8) is 0 Å². The van der Waals surface area contributed by atoms with Crippen LogP contribution in [0.1, 0.15) is 33.1 Å². The maximum absolute atomic E-state index is 14.1. The van der Waals surface area contributed by atoms with E-state index in [0.717, 1.165) is 11.1 Å². The molecule has 0 saturated carbocycles. The predicted octanol–water partition coefficient (Wildman–Crippen LogP) is 5.30. The first kappa shape index (κ1) is 25.0. The topological polar surface area (TPSA) is 67.9 Å². The van der Waals surface area contributed by atoms with Gasteiger partial charge in [0.25, 0.3) is 5.91 Å². The van der Waals surface area contributed by atoms with Gasteiger partial charge in [0, 0.05) is 18.7 Å². The number of fused-ring (bicyclic) bond motifs is 1. The number of carbonyl (C=O) groups excluding carboxylic acids is 2. The van der Waals surface area contributed by atoms with Crippen molar-refractivity contribution in [3.05, 3.63) is 131 Å². The summed E-state index contributed by atoms with van der Waals surface area (Å²) in [6.07, 6.45) is 0. The summed E-state index contributed by atoms with van der Waals surface area (Å²) in [6, 6.07) is 28.6. The molecule has 0 spiro atoms. The second-order valence-electron chi connectivity index (χ2n) is 8.93. The predicted molar refractivity (Wildman–Crippen MR) is 141 cm³/mol. The summed E-state index contributed by atoms with van der Waals surface area (Å²) in [5.74, 6) is -0.117. The molecule has 0 fully saturated rings. The van der Waals surface area contributed by atoms with Crippen LogP contribution in [0.2, 0.25) is 0 Å². The molecule has 4 aromatic rings. The molecule has 192 valence electrons. The Hall–Kier alpha value is -4.65. The van der Waals surface area contributed by atoms with Crippen molar-refractivity contribution >= 4 is 11.8 Å². The van der Waals surface area contributed by atoms with Crippen LogP contribution >= 0.6 is 0 Å². The Morgan fingerprint density at radius 3 is 2.11 bits per heavy atom. The summed E-state index contributed by atoms with van der Waals surface area (Å²) >= 11 is 0. The Bertz CT molecular complexity index is 1390. The highest BCUT2D eigenvalue weighted by Gasteiger charge is 2.33. The zero-order chi connectivity index (χ0) is 26.3. The number of rotatable bonds is 8. The number of nitrogens with zero attached hydrogens (tertiary/aromatic N) is 1. The number of hydrogen-bond donors (Lipinski definition) is 1. The van der Waals surface area contributed by atoms with Crippen LogP contribution in [-0.2, 0) is 17.9 Å². The molecule has 0 unspecified atom stereocenters. The molecular weight excluding hydrogens is 483 g/mol. The summed E-state index contributed by atoms with van der Waals surface area (Å²) in [5.41, 5.74) is 2.62. The number of carbonyl (C=O) groups is 2. The first-order valence-corrected chi connectivity index (χ1v) is 12.4. The molecule has 0 aromatic heterocycles. The van der Waals surface area contributed by atoms with Gasteiger partial charge in [0.1, 0.15) is 25.1 Å². The quantitative estimate of drug-likeness (QED) is 0.350. The minimum atomic E-state index is -1.01. The largest absolute Gasteiger partial charge is 0.486 e. The standard InChI is InChI=1S/C31H27FN2O4/c32-26-14-11-24(12-15-26)29(30(35)33-20-22-7-3-1-4-8-22)34(21-23-9-5-2-6-10-23)31(36)25-13-16-27-28(19-25)38-18-17-37-27/h1-16,19,29H,17-18,20-21H2,(H,33,35)/t29-/m0/s1. The second kappa shape index (κ2) is 11.6. The van der Waals surface area contributed by atoms with E-state index in [1.807, 2.05) is 60.7 Å². The van der Waals surface area contributed by atoms with Crippen molar-refractivity contribution < 1.29 is 23.5 Å². The van der Waals surface area contributed by atoms with Crippen molar-refractivity contribution in [3.8, 4) is 11.5 Å². The molecule has 0 bridgehead atoms. The molecule has 1 N–H and O–H groups in total. The zero-order valence-electron chi connectivity index (χ0n) is 20.7. The van der Waals surface area contributed by atoms with Gasteiger partial charge < -0.3 is 19.7 Å². The van der Waals surface area contributed by atoms with Crippen LogP contribution in [0.3, 0.4) is 0 Å². The SMILES string of the molecule is O=C(NCc1ccccc1)[C@H](c1ccc(F)cc1)N(Cc1ccccc1)C(=O)c1ccc2c(c1)OCCO2. The van der Waals surface area contributed by atoms with Crippen LogP contribution in [0.4, 0.5) is 4.39 Å². The average molecular weight is 511 g/mol. The number of halogens is 1. The highest BCUT2D eigenvalue weighted by atomic mass is 19.1. The van der Waals surface area contributed by atoms with Crippen molar-refractivity contribution in [2.45, 2.75) is 19.1 Å². The lowest BCUT2D eigenvalue weighted by atomic mass is 10.0. The molecule has 1 aliphatic heterocycles. The van der Waals surface area contributed by atoms with E-state index in [0.29, 0.717) is 35.8 Å². The van der Waals surface area contributed by atoms with Gasteiger partial charge in [-0.1, -0.05) is 72.8 Å². The molecule has 38 heavy (non-hydrogen) atoms.